The summed E-state index contributed by atoms with van der Waals surface area (Å²) in [4.78, 5) is 0. The third kappa shape index (κ3) is 5.84. The van der Waals surface area contributed by atoms with E-state index in [1.165, 1.54) is 0 Å². The molecule has 14 heavy (non-hydrogen) atoms. The highest BCUT2D eigenvalue weighted by Gasteiger charge is 2.18. The van der Waals surface area contributed by atoms with E-state index >= 15 is 0 Å². The molecule has 1 atom stereocenters. The van der Waals surface area contributed by atoms with Crippen molar-refractivity contribution in [1.82, 2.24) is 5.43 Å². The van der Waals surface area contributed by atoms with Gasteiger partial charge in [0, 0.05) is 12.3 Å². The van der Waals surface area contributed by atoms with Crippen LogP contribution in [-0.2, 0) is 4.74 Å². The number of nitrogens with zero attached hydrogens (tertiary/aromatic N) is 1. The van der Waals surface area contributed by atoms with Crippen molar-refractivity contribution in [3.05, 3.63) is 0 Å². The average Bonchev–Trinajstić information content (AvgIpc) is 2.72. The van der Waals surface area contributed by atoms with Crippen LogP contribution in [0.25, 0.3) is 0 Å². The normalized spacial score (nSPS) is 18.0. The first-order valence-electron chi connectivity index (χ1n) is 5.73. The van der Waals surface area contributed by atoms with Crippen LogP contribution in [0, 0.1) is 5.92 Å². The minimum Gasteiger partial charge on any atom is -0.454 e. The SMILES string of the molecule is CC.CC.CCC1NN=C(C(C)C)O1. The molecule has 0 fully saturated rings. The van der Waals surface area contributed by atoms with E-state index in [1.54, 1.807) is 0 Å². The second kappa shape index (κ2) is 10.4. The zero-order valence-corrected chi connectivity index (χ0v) is 10.7. The molecule has 3 nitrogen and oxygen atoms in total. The van der Waals surface area contributed by atoms with Gasteiger partial charge in [-0.05, 0) is 0 Å². The van der Waals surface area contributed by atoms with E-state index in [1.807, 2.05) is 27.7 Å². The molecule has 0 saturated heterocycles. The maximum absolute atomic E-state index is 5.41. The van der Waals surface area contributed by atoms with E-state index in [2.05, 4.69) is 31.3 Å². The Morgan fingerprint density at radius 2 is 1.79 bits per heavy atom. The molecule has 1 heterocycles. The number of hydrogen-bond donors (Lipinski definition) is 1. The van der Waals surface area contributed by atoms with E-state index in [9.17, 15) is 0 Å². The highest BCUT2D eigenvalue weighted by atomic mass is 16.5. The summed E-state index contributed by atoms with van der Waals surface area (Å²) < 4.78 is 5.41. The molecule has 0 amide bonds. The summed E-state index contributed by atoms with van der Waals surface area (Å²) in [6, 6.07) is 0. The minimum absolute atomic E-state index is 0.109. The third-order valence-corrected chi connectivity index (χ3v) is 1.45. The first-order chi connectivity index (χ1) is 6.74. The van der Waals surface area contributed by atoms with Crippen LogP contribution < -0.4 is 5.43 Å². The number of hydrogen-bond acceptors (Lipinski definition) is 3. The molecular weight excluding hydrogens is 176 g/mol. The minimum atomic E-state index is 0.109. The van der Waals surface area contributed by atoms with Crippen molar-refractivity contribution in [2.75, 3.05) is 0 Å². The lowest BCUT2D eigenvalue weighted by molar-refractivity contribution is 0.174. The Kier molecular flexibility index (Phi) is 11.6. The smallest absolute Gasteiger partial charge is 0.210 e. The van der Waals surface area contributed by atoms with E-state index < -0.39 is 0 Å². The molecular formula is C11H26N2O. The first-order valence-corrected chi connectivity index (χ1v) is 5.73. The Morgan fingerprint density at radius 3 is 2.00 bits per heavy atom. The quantitative estimate of drug-likeness (QED) is 0.745. The van der Waals surface area contributed by atoms with Gasteiger partial charge in [0.15, 0.2) is 6.23 Å². The van der Waals surface area contributed by atoms with Crippen molar-refractivity contribution < 1.29 is 4.74 Å². The summed E-state index contributed by atoms with van der Waals surface area (Å²) >= 11 is 0. The van der Waals surface area contributed by atoms with Crippen molar-refractivity contribution in [3.63, 3.8) is 0 Å². The van der Waals surface area contributed by atoms with Crippen molar-refractivity contribution in [2.24, 2.45) is 11.0 Å². The predicted octanol–water partition coefficient (Wildman–Crippen LogP) is 3.36. The molecule has 0 bridgehead atoms. The molecule has 1 unspecified atom stereocenters. The Hall–Kier alpha value is -0.730. The van der Waals surface area contributed by atoms with Crippen molar-refractivity contribution in [3.8, 4) is 0 Å². The van der Waals surface area contributed by atoms with Gasteiger partial charge in [0.2, 0.25) is 5.90 Å². The molecule has 1 N–H and O–H groups in total. The van der Waals surface area contributed by atoms with Crippen LogP contribution in [0.15, 0.2) is 5.10 Å². The van der Waals surface area contributed by atoms with Crippen LogP contribution in [0.2, 0.25) is 0 Å². The van der Waals surface area contributed by atoms with Crippen LogP contribution in [0.3, 0.4) is 0 Å². The van der Waals surface area contributed by atoms with Crippen LogP contribution in [-0.4, -0.2) is 12.1 Å². The van der Waals surface area contributed by atoms with Crippen molar-refractivity contribution in [2.45, 2.75) is 61.1 Å². The van der Waals surface area contributed by atoms with Gasteiger partial charge in [0.1, 0.15) is 0 Å². The second-order valence-electron chi connectivity index (χ2n) is 2.75. The van der Waals surface area contributed by atoms with Gasteiger partial charge in [0.25, 0.3) is 0 Å². The topological polar surface area (TPSA) is 33.6 Å². The van der Waals surface area contributed by atoms with Crippen LogP contribution in [0.1, 0.15) is 54.9 Å². The van der Waals surface area contributed by atoms with Gasteiger partial charge in [-0.2, -0.15) is 0 Å². The number of ether oxygens (including phenoxy) is 1. The number of rotatable bonds is 2. The van der Waals surface area contributed by atoms with Gasteiger partial charge in [-0.3, -0.25) is 5.43 Å². The van der Waals surface area contributed by atoms with E-state index in [-0.39, 0.29) is 6.23 Å². The van der Waals surface area contributed by atoms with Gasteiger partial charge in [-0.15, -0.1) is 5.10 Å². The van der Waals surface area contributed by atoms with E-state index in [4.69, 9.17) is 4.74 Å². The first kappa shape index (κ1) is 15.7. The zero-order valence-electron chi connectivity index (χ0n) is 10.7. The summed E-state index contributed by atoms with van der Waals surface area (Å²) in [5.41, 5.74) is 2.90. The Bertz CT molecular complexity index is 144. The molecule has 0 aromatic rings. The molecule has 0 spiro atoms. The lowest BCUT2D eigenvalue weighted by atomic mass is 10.2. The van der Waals surface area contributed by atoms with Crippen LogP contribution in [0.5, 0.6) is 0 Å². The molecule has 1 aliphatic rings. The fourth-order valence-corrected chi connectivity index (χ4v) is 0.774. The summed E-state index contributed by atoms with van der Waals surface area (Å²) in [5, 5.41) is 4.03. The Morgan fingerprint density at radius 1 is 1.29 bits per heavy atom. The van der Waals surface area contributed by atoms with Gasteiger partial charge >= 0.3 is 0 Å². The Labute approximate surface area is 88.9 Å². The van der Waals surface area contributed by atoms with Gasteiger partial charge in [0.05, 0.1) is 0 Å². The molecule has 0 saturated carbocycles. The summed E-state index contributed by atoms with van der Waals surface area (Å²) in [5.74, 6) is 1.22. The molecule has 0 aliphatic carbocycles. The molecule has 0 radical (unpaired) electrons. The second-order valence-corrected chi connectivity index (χ2v) is 2.75. The Balaban J connectivity index is 0. The van der Waals surface area contributed by atoms with Gasteiger partial charge in [-0.25, -0.2) is 0 Å². The zero-order chi connectivity index (χ0) is 11.6. The molecule has 3 heteroatoms. The summed E-state index contributed by atoms with van der Waals surface area (Å²) in [7, 11) is 0. The van der Waals surface area contributed by atoms with Gasteiger partial charge < -0.3 is 4.74 Å². The maximum atomic E-state index is 5.41. The van der Waals surface area contributed by atoms with Gasteiger partial charge in [-0.1, -0.05) is 48.5 Å². The molecule has 0 aromatic carbocycles. The van der Waals surface area contributed by atoms with Crippen molar-refractivity contribution in [1.29, 1.82) is 0 Å². The lowest BCUT2D eigenvalue weighted by Crippen LogP contribution is -2.21. The fourth-order valence-electron chi connectivity index (χ4n) is 0.774. The molecule has 1 aliphatic heterocycles. The molecule has 1 rings (SSSR count). The highest BCUT2D eigenvalue weighted by Crippen LogP contribution is 2.08. The average molecular weight is 202 g/mol. The van der Waals surface area contributed by atoms with Crippen LogP contribution in [0.4, 0.5) is 0 Å². The summed E-state index contributed by atoms with van der Waals surface area (Å²) in [6.07, 6.45) is 1.07. The number of hydrazone groups is 1. The molecule has 0 aromatic heterocycles. The largest absolute Gasteiger partial charge is 0.454 e. The maximum Gasteiger partial charge on any atom is 0.210 e. The predicted molar refractivity (Wildman–Crippen MR) is 63.3 cm³/mol. The monoisotopic (exact) mass is 202 g/mol. The van der Waals surface area contributed by atoms with E-state index in [0.717, 1.165) is 12.3 Å². The van der Waals surface area contributed by atoms with E-state index in [0.29, 0.717) is 5.92 Å². The van der Waals surface area contributed by atoms with Crippen molar-refractivity contribution >= 4 is 5.90 Å². The third-order valence-electron chi connectivity index (χ3n) is 1.45. The fraction of sp³-hybridized carbons (Fsp3) is 0.909. The number of nitrogens with one attached hydrogen (secondary N) is 1. The standard InChI is InChI=1S/C7H14N2O.2C2H6/c1-4-6-8-9-7(10-6)5(2)3;2*1-2/h5-6,8H,4H2,1-3H3;2*1-2H3. The van der Waals surface area contributed by atoms with Crippen LogP contribution >= 0.6 is 0 Å². The lowest BCUT2D eigenvalue weighted by Gasteiger charge is -2.08. The highest BCUT2D eigenvalue weighted by molar-refractivity contribution is 5.78. The summed E-state index contributed by atoms with van der Waals surface area (Å²) in [6.45, 7) is 14.2. The molecule has 86 valence electrons.